The topological polar surface area (TPSA) is 52.4 Å². The van der Waals surface area contributed by atoms with E-state index in [1.807, 2.05) is 0 Å². The van der Waals surface area contributed by atoms with Crippen LogP contribution >= 0.6 is 11.6 Å². The van der Waals surface area contributed by atoms with Gasteiger partial charge in [-0.2, -0.15) is 0 Å². The maximum atomic E-state index is 10.8. The van der Waals surface area contributed by atoms with E-state index in [-0.39, 0.29) is 17.7 Å². The molecule has 0 saturated heterocycles. The smallest absolute Gasteiger partial charge is 0.270 e. The lowest BCUT2D eigenvalue weighted by atomic mass is 9.82. The molecule has 4 nitrogen and oxygen atoms in total. The molecule has 1 aromatic rings. The molecule has 20 heavy (non-hydrogen) atoms. The van der Waals surface area contributed by atoms with Gasteiger partial charge in [0.05, 0.1) is 16.9 Å². The Hall–Kier alpha value is -1.29. The molecule has 1 aliphatic carbocycles. The van der Waals surface area contributed by atoms with Crippen LogP contribution in [0.15, 0.2) is 18.2 Å². The molecule has 2 atom stereocenters. The number of non-ortho nitro benzene ring substituents is 1. The second-order valence-corrected chi connectivity index (χ2v) is 6.11. The van der Waals surface area contributed by atoms with Gasteiger partial charge in [-0.05, 0) is 37.2 Å². The molecule has 2 unspecified atom stereocenters. The Morgan fingerprint density at radius 2 is 1.95 bits per heavy atom. The molecular formula is C15H20ClNO3. The monoisotopic (exact) mass is 297 g/mol. The fourth-order valence-electron chi connectivity index (χ4n) is 3.05. The van der Waals surface area contributed by atoms with Crippen LogP contribution in [-0.4, -0.2) is 11.0 Å². The Kier molecular flexibility index (Phi) is 4.86. The van der Waals surface area contributed by atoms with Gasteiger partial charge in [0.25, 0.3) is 5.69 Å². The summed E-state index contributed by atoms with van der Waals surface area (Å²) in [6.07, 6.45) is 3.48. The van der Waals surface area contributed by atoms with E-state index in [9.17, 15) is 10.1 Å². The molecule has 0 heterocycles. The van der Waals surface area contributed by atoms with E-state index in [2.05, 4.69) is 13.8 Å². The van der Waals surface area contributed by atoms with E-state index in [1.54, 1.807) is 6.07 Å². The maximum absolute atomic E-state index is 10.8. The Bertz CT molecular complexity index is 482. The van der Waals surface area contributed by atoms with E-state index in [4.69, 9.17) is 16.3 Å². The minimum absolute atomic E-state index is 0.0541. The number of ether oxygens (including phenoxy) is 1. The third-order valence-corrected chi connectivity index (χ3v) is 4.12. The van der Waals surface area contributed by atoms with Gasteiger partial charge < -0.3 is 4.74 Å². The minimum Gasteiger partial charge on any atom is -0.490 e. The standard InChI is InChI=1S/C15H20ClNO3/c1-10-5-11(2)7-14(6-10)20-15-4-3-13(17(18)19)8-12(15)9-16/h3-4,8,10-11,14H,5-7,9H2,1-2H3. The summed E-state index contributed by atoms with van der Waals surface area (Å²) in [5.74, 6) is 2.20. The summed E-state index contributed by atoms with van der Waals surface area (Å²) >= 11 is 5.88. The van der Waals surface area contributed by atoms with Gasteiger partial charge in [0.2, 0.25) is 0 Å². The number of nitro benzene ring substituents is 1. The number of rotatable bonds is 4. The minimum atomic E-state index is -0.412. The number of benzene rings is 1. The molecule has 0 N–H and O–H groups in total. The van der Waals surface area contributed by atoms with E-state index < -0.39 is 4.92 Å². The van der Waals surface area contributed by atoms with Gasteiger partial charge in [0, 0.05) is 17.7 Å². The first-order chi connectivity index (χ1) is 9.49. The molecule has 5 heteroatoms. The third-order valence-electron chi connectivity index (χ3n) is 3.83. The Morgan fingerprint density at radius 3 is 2.50 bits per heavy atom. The first kappa shape index (κ1) is 15.1. The predicted octanol–water partition coefficient (Wildman–Crippen LogP) is 4.54. The largest absolute Gasteiger partial charge is 0.490 e. The lowest BCUT2D eigenvalue weighted by Crippen LogP contribution is -2.28. The summed E-state index contributed by atoms with van der Waals surface area (Å²) in [7, 11) is 0. The van der Waals surface area contributed by atoms with E-state index >= 15 is 0 Å². The number of hydrogen-bond acceptors (Lipinski definition) is 3. The molecule has 1 aromatic carbocycles. The molecule has 1 fully saturated rings. The Morgan fingerprint density at radius 1 is 1.30 bits per heavy atom. The molecule has 0 amide bonds. The summed E-state index contributed by atoms with van der Waals surface area (Å²) in [5.41, 5.74) is 0.741. The SMILES string of the molecule is CC1CC(C)CC(Oc2ccc([N+](=O)[O-])cc2CCl)C1. The molecule has 0 aromatic heterocycles. The molecule has 0 radical (unpaired) electrons. The first-order valence-corrected chi connectivity index (χ1v) is 7.53. The van der Waals surface area contributed by atoms with Gasteiger partial charge >= 0.3 is 0 Å². The van der Waals surface area contributed by atoms with Crippen molar-refractivity contribution < 1.29 is 9.66 Å². The Labute approximate surface area is 124 Å². The highest BCUT2D eigenvalue weighted by Crippen LogP contribution is 2.33. The van der Waals surface area contributed by atoms with Crippen molar-refractivity contribution in [3.05, 3.63) is 33.9 Å². The van der Waals surface area contributed by atoms with Crippen molar-refractivity contribution >= 4 is 17.3 Å². The van der Waals surface area contributed by atoms with Crippen LogP contribution in [0, 0.1) is 22.0 Å². The lowest BCUT2D eigenvalue weighted by molar-refractivity contribution is -0.384. The van der Waals surface area contributed by atoms with E-state index in [1.165, 1.54) is 18.6 Å². The predicted molar refractivity (Wildman–Crippen MR) is 79.2 cm³/mol. The van der Waals surface area contributed by atoms with Crippen LogP contribution in [-0.2, 0) is 5.88 Å². The highest BCUT2D eigenvalue weighted by atomic mass is 35.5. The van der Waals surface area contributed by atoms with Crippen molar-refractivity contribution in [2.75, 3.05) is 0 Å². The number of hydrogen-bond donors (Lipinski definition) is 0. The average Bonchev–Trinajstić information content (AvgIpc) is 2.37. The summed E-state index contributed by atoms with van der Waals surface area (Å²) in [6, 6.07) is 4.64. The highest BCUT2D eigenvalue weighted by Gasteiger charge is 2.26. The van der Waals surface area contributed by atoms with Gasteiger partial charge in [0.15, 0.2) is 0 Å². The van der Waals surface area contributed by atoms with Crippen molar-refractivity contribution in [3.8, 4) is 5.75 Å². The van der Waals surface area contributed by atoms with Crippen LogP contribution < -0.4 is 4.74 Å². The molecule has 0 spiro atoms. The van der Waals surface area contributed by atoms with Crippen LogP contribution in [0.2, 0.25) is 0 Å². The number of halogens is 1. The van der Waals surface area contributed by atoms with Gasteiger partial charge in [-0.1, -0.05) is 13.8 Å². The molecule has 1 saturated carbocycles. The van der Waals surface area contributed by atoms with E-state index in [0.29, 0.717) is 23.1 Å². The zero-order chi connectivity index (χ0) is 14.7. The van der Waals surface area contributed by atoms with E-state index in [0.717, 1.165) is 12.8 Å². The van der Waals surface area contributed by atoms with Gasteiger partial charge in [-0.3, -0.25) is 10.1 Å². The second-order valence-electron chi connectivity index (χ2n) is 5.84. The number of nitro groups is 1. The fraction of sp³-hybridized carbons (Fsp3) is 0.600. The lowest BCUT2D eigenvalue weighted by Gasteiger charge is -2.32. The molecule has 0 bridgehead atoms. The first-order valence-electron chi connectivity index (χ1n) is 6.99. The summed E-state index contributed by atoms with van der Waals surface area (Å²) in [5, 5.41) is 10.8. The summed E-state index contributed by atoms with van der Waals surface area (Å²) < 4.78 is 6.05. The quantitative estimate of drug-likeness (QED) is 0.466. The maximum Gasteiger partial charge on any atom is 0.270 e. The molecule has 110 valence electrons. The second kappa shape index (κ2) is 6.44. The number of alkyl halides is 1. The van der Waals surface area contributed by atoms with Crippen molar-refractivity contribution in [3.63, 3.8) is 0 Å². The fourth-order valence-corrected chi connectivity index (χ4v) is 3.26. The van der Waals surface area contributed by atoms with Crippen molar-refractivity contribution in [1.29, 1.82) is 0 Å². The highest BCUT2D eigenvalue weighted by molar-refractivity contribution is 6.17. The normalized spacial score (nSPS) is 26.2. The zero-order valence-electron chi connectivity index (χ0n) is 11.8. The molecule has 2 rings (SSSR count). The molecular weight excluding hydrogens is 278 g/mol. The molecule has 0 aliphatic heterocycles. The van der Waals surface area contributed by atoms with Crippen molar-refractivity contribution in [1.82, 2.24) is 0 Å². The average molecular weight is 298 g/mol. The van der Waals surface area contributed by atoms with Gasteiger partial charge in [-0.15, -0.1) is 11.6 Å². The van der Waals surface area contributed by atoms with Crippen LogP contribution in [0.5, 0.6) is 5.75 Å². The van der Waals surface area contributed by atoms with Crippen LogP contribution in [0.3, 0.4) is 0 Å². The molecule has 1 aliphatic rings. The van der Waals surface area contributed by atoms with Crippen molar-refractivity contribution in [2.45, 2.75) is 45.1 Å². The number of nitrogens with zero attached hydrogens (tertiary/aromatic N) is 1. The van der Waals surface area contributed by atoms with Gasteiger partial charge in [0.1, 0.15) is 5.75 Å². The van der Waals surface area contributed by atoms with Crippen LogP contribution in [0.4, 0.5) is 5.69 Å². The zero-order valence-corrected chi connectivity index (χ0v) is 12.6. The van der Waals surface area contributed by atoms with Crippen LogP contribution in [0.1, 0.15) is 38.7 Å². The summed E-state index contributed by atoms with van der Waals surface area (Å²) in [4.78, 5) is 10.4. The van der Waals surface area contributed by atoms with Crippen molar-refractivity contribution in [2.24, 2.45) is 11.8 Å². The Balaban J connectivity index is 2.14. The van der Waals surface area contributed by atoms with Gasteiger partial charge in [-0.25, -0.2) is 0 Å². The van der Waals surface area contributed by atoms with Crippen LogP contribution in [0.25, 0.3) is 0 Å². The summed E-state index contributed by atoms with van der Waals surface area (Å²) in [6.45, 7) is 4.48. The third kappa shape index (κ3) is 3.63.